The zero-order chi connectivity index (χ0) is 22.7. The van der Waals surface area contributed by atoms with Gasteiger partial charge in [-0.3, -0.25) is 4.57 Å². The quantitative estimate of drug-likeness (QED) is 0.0839. The molecular weight excluding hydrogens is 393 g/mol. The van der Waals surface area contributed by atoms with Crippen molar-refractivity contribution in [3.63, 3.8) is 0 Å². The van der Waals surface area contributed by atoms with Gasteiger partial charge in [0.05, 0.1) is 27.7 Å². The summed E-state index contributed by atoms with van der Waals surface area (Å²) >= 11 is 0. The maximum Gasteiger partial charge on any atom is 0.385 e. The summed E-state index contributed by atoms with van der Waals surface area (Å²) in [4.78, 5) is 10.2. The molecule has 0 aromatic rings. The minimum absolute atomic E-state index is 0.358. The summed E-state index contributed by atoms with van der Waals surface area (Å²) in [5, 5.41) is 0. The number of hydrogen-bond donors (Lipinski definition) is 1. The van der Waals surface area contributed by atoms with E-state index in [9.17, 15) is 9.46 Å². The molecule has 2 atom stereocenters. The summed E-state index contributed by atoms with van der Waals surface area (Å²) in [6.07, 6.45) is 24.6. The molecule has 1 N–H and O–H groups in total. The van der Waals surface area contributed by atoms with E-state index in [1.165, 1.54) is 77.0 Å². The Morgan fingerprint density at radius 2 is 1.20 bits per heavy atom. The molecule has 180 valence electrons. The van der Waals surface area contributed by atoms with Gasteiger partial charge in [0.15, 0.2) is 5.78 Å². The van der Waals surface area contributed by atoms with Gasteiger partial charge in [0.25, 0.3) is 0 Å². The van der Waals surface area contributed by atoms with E-state index in [2.05, 4.69) is 19.1 Å². The second-order valence-corrected chi connectivity index (χ2v) is 11.7. The fraction of sp³-hybridized carbons (Fsp3) is 0.920. The first kappa shape index (κ1) is 29.9. The lowest BCUT2D eigenvalue weighted by atomic mass is 10.1. The van der Waals surface area contributed by atoms with Crippen LogP contribution >= 0.6 is 7.60 Å². The van der Waals surface area contributed by atoms with Crippen LogP contribution in [0, 0.1) is 0 Å². The van der Waals surface area contributed by atoms with E-state index in [4.69, 9.17) is 4.52 Å². The molecule has 0 aromatic carbocycles. The van der Waals surface area contributed by atoms with Crippen LogP contribution in [0.25, 0.3) is 0 Å². The fourth-order valence-corrected chi connectivity index (χ4v) is 5.92. The van der Waals surface area contributed by atoms with Crippen LogP contribution in [-0.4, -0.2) is 42.9 Å². The highest BCUT2D eigenvalue weighted by Gasteiger charge is 2.41. The first-order valence-corrected chi connectivity index (χ1v) is 14.3. The van der Waals surface area contributed by atoms with Gasteiger partial charge in [-0.15, -0.1) is 0 Å². The summed E-state index contributed by atoms with van der Waals surface area (Å²) < 4.78 is 18.3. The van der Waals surface area contributed by atoms with Gasteiger partial charge in [-0.05, 0) is 32.1 Å². The molecule has 4 nitrogen and oxygen atoms in total. The number of quaternary nitrogens is 1. The average molecular weight is 447 g/mol. The molecule has 2 unspecified atom stereocenters. The average Bonchev–Trinajstić information content (AvgIpc) is 2.66. The van der Waals surface area contributed by atoms with Crippen molar-refractivity contribution in [2.45, 2.75) is 122 Å². The summed E-state index contributed by atoms with van der Waals surface area (Å²) in [5.74, 6) is -0.358. The summed E-state index contributed by atoms with van der Waals surface area (Å²) in [6, 6.07) is 0. The third-order valence-electron chi connectivity index (χ3n) is 5.82. The SMILES string of the molecule is CCCCCCCCCCCCCC=CCCCCOP(=O)(O)C(CC)[N+](C)(C)C. The Morgan fingerprint density at radius 3 is 1.63 bits per heavy atom. The van der Waals surface area contributed by atoms with Crippen molar-refractivity contribution in [2.75, 3.05) is 27.7 Å². The molecular formula is C25H53NO3P+. The molecule has 0 amide bonds. The van der Waals surface area contributed by atoms with Crippen molar-refractivity contribution in [1.82, 2.24) is 0 Å². The summed E-state index contributed by atoms with van der Waals surface area (Å²) in [6.45, 7) is 4.59. The lowest BCUT2D eigenvalue weighted by Crippen LogP contribution is -2.44. The number of unbranched alkanes of at least 4 members (excludes halogenated alkanes) is 13. The largest absolute Gasteiger partial charge is 0.385 e. The van der Waals surface area contributed by atoms with Crippen molar-refractivity contribution in [2.24, 2.45) is 0 Å². The Hall–Kier alpha value is -0.150. The van der Waals surface area contributed by atoms with E-state index in [0.29, 0.717) is 17.5 Å². The second-order valence-electron chi connectivity index (χ2n) is 9.69. The zero-order valence-electron chi connectivity index (χ0n) is 20.9. The molecule has 0 radical (unpaired) electrons. The Balaban J connectivity index is 3.53. The van der Waals surface area contributed by atoms with Gasteiger partial charge < -0.3 is 13.9 Å². The first-order chi connectivity index (χ1) is 14.3. The Morgan fingerprint density at radius 1 is 0.767 bits per heavy atom. The minimum atomic E-state index is -3.56. The van der Waals surface area contributed by atoms with Crippen LogP contribution in [0.4, 0.5) is 0 Å². The van der Waals surface area contributed by atoms with Crippen molar-refractivity contribution in [3.8, 4) is 0 Å². The lowest BCUT2D eigenvalue weighted by Gasteiger charge is -2.35. The van der Waals surface area contributed by atoms with Gasteiger partial charge in [-0.25, -0.2) is 0 Å². The van der Waals surface area contributed by atoms with Crippen molar-refractivity contribution in [1.29, 1.82) is 0 Å². The van der Waals surface area contributed by atoms with Crippen molar-refractivity contribution in [3.05, 3.63) is 12.2 Å². The number of hydrogen-bond acceptors (Lipinski definition) is 2. The molecule has 0 aliphatic rings. The third-order valence-corrected chi connectivity index (χ3v) is 8.18. The van der Waals surface area contributed by atoms with Crippen LogP contribution in [-0.2, 0) is 9.09 Å². The minimum Gasteiger partial charge on any atom is -0.320 e. The predicted octanol–water partition coefficient (Wildman–Crippen LogP) is 8.06. The molecule has 0 heterocycles. The molecule has 0 aliphatic heterocycles. The Bertz CT molecular complexity index is 460. The van der Waals surface area contributed by atoms with Crippen LogP contribution in [0.5, 0.6) is 0 Å². The lowest BCUT2D eigenvalue weighted by molar-refractivity contribution is -0.883. The molecule has 0 rings (SSSR count). The third kappa shape index (κ3) is 16.5. The molecule has 0 bridgehead atoms. The van der Waals surface area contributed by atoms with E-state index < -0.39 is 7.60 Å². The molecule has 0 fully saturated rings. The molecule has 5 heteroatoms. The van der Waals surface area contributed by atoms with Crippen molar-refractivity contribution >= 4 is 7.60 Å². The number of rotatable bonds is 21. The van der Waals surface area contributed by atoms with Crippen LogP contribution in [0.1, 0.15) is 117 Å². The molecule has 30 heavy (non-hydrogen) atoms. The normalized spacial score (nSPS) is 15.5. The smallest absolute Gasteiger partial charge is 0.320 e. The van der Waals surface area contributed by atoms with Gasteiger partial charge in [0, 0.05) is 6.42 Å². The van der Waals surface area contributed by atoms with Crippen LogP contribution < -0.4 is 0 Å². The van der Waals surface area contributed by atoms with Crippen LogP contribution in [0.15, 0.2) is 12.2 Å². The Labute approximate surface area is 188 Å². The van der Waals surface area contributed by atoms with Gasteiger partial charge in [-0.2, -0.15) is 0 Å². The van der Waals surface area contributed by atoms with E-state index in [1.807, 2.05) is 28.1 Å². The van der Waals surface area contributed by atoms with E-state index in [-0.39, 0.29) is 5.78 Å². The number of nitrogens with zero attached hydrogens (tertiary/aromatic N) is 1. The summed E-state index contributed by atoms with van der Waals surface area (Å²) in [5.41, 5.74) is 0. The second kappa shape index (κ2) is 18.4. The topological polar surface area (TPSA) is 46.5 Å². The molecule has 0 saturated carbocycles. The highest BCUT2D eigenvalue weighted by atomic mass is 31.2. The fourth-order valence-electron chi connectivity index (χ4n) is 4.02. The first-order valence-electron chi connectivity index (χ1n) is 12.7. The standard InChI is InChI=1S/C25H52NO3P/c1-6-8-9-10-11-12-13-14-15-16-17-18-19-20-21-22-23-24-29-30(27,28)25(7-2)26(3,4)5/h19-20,25H,6-18,21-24H2,1-5H3/p+1. The molecule has 0 saturated heterocycles. The number of allylic oxidation sites excluding steroid dienone is 2. The van der Waals surface area contributed by atoms with E-state index >= 15 is 0 Å². The monoisotopic (exact) mass is 446 g/mol. The van der Waals surface area contributed by atoms with Gasteiger partial charge >= 0.3 is 7.60 Å². The van der Waals surface area contributed by atoms with Crippen LogP contribution in [0.2, 0.25) is 0 Å². The molecule has 0 spiro atoms. The maximum atomic E-state index is 12.5. The zero-order valence-corrected chi connectivity index (χ0v) is 21.8. The summed E-state index contributed by atoms with van der Waals surface area (Å²) in [7, 11) is 2.27. The molecule has 0 aliphatic carbocycles. The van der Waals surface area contributed by atoms with Gasteiger partial charge in [0.1, 0.15) is 0 Å². The van der Waals surface area contributed by atoms with E-state index in [1.54, 1.807) is 0 Å². The highest BCUT2D eigenvalue weighted by Crippen LogP contribution is 2.51. The maximum absolute atomic E-state index is 12.5. The Kier molecular flexibility index (Phi) is 18.3. The molecule has 0 aromatic heterocycles. The highest BCUT2D eigenvalue weighted by molar-refractivity contribution is 7.53. The van der Waals surface area contributed by atoms with Crippen LogP contribution in [0.3, 0.4) is 0 Å². The van der Waals surface area contributed by atoms with Crippen molar-refractivity contribution < 1.29 is 18.5 Å². The predicted molar refractivity (Wildman–Crippen MR) is 132 cm³/mol. The van der Waals surface area contributed by atoms with E-state index in [0.717, 1.165) is 19.3 Å². The van der Waals surface area contributed by atoms with Gasteiger partial charge in [-0.1, -0.05) is 90.2 Å². The van der Waals surface area contributed by atoms with Gasteiger partial charge in [0.2, 0.25) is 0 Å².